The largest absolute Gasteiger partial charge is 0.497 e. The minimum absolute atomic E-state index is 0. The molecule has 3 rings (SSSR count). The lowest BCUT2D eigenvalue weighted by molar-refractivity contribution is -0.122. The first-order valence-corrected chi connectivity index (χ1v) is 9.56. The van der Waals surface area contributed by atoms with Gasteiger partial charge in [0.25, 0.3) is 0 Å². The van der Waals surface area contributed by atoms with Crippen LogP contribution in [0.15, 0.2) is 54.6 Å². The Labute approximate surface area is 178 Å². The molecule has 1 aliphatic rings. The highest BCUT2D eigenvalue weighted by Crippen LogP contribution is 2.12. The number of halogens is 1. The van der Waals surface area contributed by atoms with Crippen LogP contribution in [0.4, 0.5) is 0 Å². The lowest BCUT2D eigenvalue weighted by atomic mass is 10.1. The monoisotopic (exact) mass is 417 g/mol. The molecule has 0 saturated carbocycles. The summed E-state index contributed by atoms with van der Waals surface area (Å²) in [4.78, 5) is 28.9. The van der Waals surface area contributed by atoms with Gasteiger partial charge in [0.1, 0.15) is 5.75 Å². The Balaban J connectivity index is 0.00000300. The molecule has 7 heteroatoms. The number of Topliss-reactive ketones (excluding diaryl/α,β-unsaturated/α-hetero) is 1. The Kier molecular flexibility index (Phi) is 9.12. The number of methoxy groups -OCH3 is 1. The number of carbonyl (C=O) groups is 2. The molecule has 2 aromatic carbocycles. The maximum atomic E-state index is 12.4. The molecule has 6 nitrogen and oxygen atoms in total. The summed E-state index contributed by atoms with van der Waals surface area (Å²) in [5.41, 5.74) is 1.79. The van der Waals surface area contributed by atoms with Crippen LogP contribution in [-0.4, -0.2) is 67.9 Å². The van der Waals surface area contributed by atoms with E-state index >= 15 is 0 Å². The molecule has 1 saturated heterocycles. The van der Waals surface area contributed by atoms with E-state index in [1.54, 1.807) is 31.4 Å². The number of rotatable bonds is 8. The quantitative estimate of drug-likeness (QED) is 0.667. The molecule has 0 spiro atoms. The Morgan fingerprint density at radius 2 is 1.48 bits per heavy atom. The number of hydrogen-bond donors (Lipinski definition) is 1. The number of amides is 1. The van der Waals surface area contributed by atoms with E-state index in [-0.39, 0.29) is 24.1 Å². The van der Waals surface area contributed by atoms with Crippen molar-refractivity contribution in [1.29, 1.82) is 0 Å². The zero-order valence-corrected chi connectivity index (χ0v) is 17.5. The molecule has 0 aliphatic carbocycles. The van der Waals surface area contributed by atoms with E-state index in [4.69, 9.17) is 4.74 Å². The van der Waals surface area contributed by atoms with E-state index in [1.165, 1.54) is 0 Å². The van der Waals surface area contributed by atoms with Crippen LogP contribution in [0.1, 0.15) is 15.9 Å². The van der Waals surface area contributed by atoms with Crippen molar-refractivity contribution in [2.45, 2.75) is 6.54 Å². The summed E-state index contributed by atoms with van der Waals surface area (Å²) >= 11 is 0. The number of nitrogens with one attached hydrogen (secondary N) is 1. The average Bonchev–Trinajstić information content (AvgIpc) is 2.74. The van der Waals surface area contributed by atoms with E-state index in [9.17, 15) is 9.59 Å². The summed E-state index contributed by atoms with van der Waals surface area (Å²) in [6.07, 6.45) is 0. The second-order valence-corrected chi connectivity index (χ2v) is 6.97. The summed E-state index contributed by atoms with van der Waals surface area (Å²) in [5, 5.41) is 2.96. The Bertz CT molecular complexity index is 776. The third kappa shape index (κ3) is 7.16. The third-order valence-electron chi connectivity index (χ3n) is 4.94. The molecule has 1 fully saturated rings. The normalized spacial score (nSPS) is 14.7. The summed E-state index contributed by atoms with van der Waals surface area (Å²) in [5.74, 6) is 0.888. The molecule has 156 valence electrons. The number of hydrogen-bond acceptors (Lipinski definition) is 5. The Morgan fingerprint density at radius 3 is 2.07 bits per heavy atom. The predicted octanol–water partition coefficient (Wildman–Crippen LogP) is 2.23. The first-order valence-electron chi connectivity index (χ1n) is 9.56. The molecule has 0 unspecified atom stereocenters. The molecule has 29 heavy (non-hydrogen) atoms. The smallest absolute Gasteiger partial charge is 0.234 e. The van der Waals surface area contributed by atoms with E-state index < -0.39 is 0 Å². The van der Waals surface area contributed by atoms with Crippen LogP contribution < -0.4 is 10.1 Å². The molecule has 0 atom stereocenters. The molecule has 1 N–H and O–H groups in total. The number of ether oxygens (including phenoxy) is 1. The van der Waals surface area contributed by atoms with Crippen molar-refractivity contribution in [2.75, 3.05) is 46.4 Å². The van der Waals surface area contributed by atoms with Gasteiger partial charge in [0.15, 0.2) is 5.78 Å². The number of ketones is 1. The lowest BCUT2D eigenvalue weighted by Crippen LogP contribution is -2.50. The first kappa shape index (κ1) is 22.9. The number of benzene rings is 2. The lowest BCUT2D eigenvalue weighted by Gasteiger charge is -2.33. The number of piperazine rings is 1. The predicted molar refractivity (Wildman–Crippen MR) is 116 cm³/mol. The zero-order valence-electron chi connectivity index (χ0n) is 16.7. The molecule has 0 radical (unpaired) electrons. The van der Waals surface area contributed by atoms with Gasteiger partial charge in [0.2, 0.25) is 5.91 Å². The minimum Gasteiger partial charge on any atom is -0.497 e. The van der Waals surface area contributed by atoms with Crippen molar-refractivity contribution >= 4 is 24.1 Å². The van der Waals surface area contributed by atoms with Gasteiger partial charge >= 0.3 is 0 Å². The fraction of sp³-hybridized carbons (Fsp3) is 0.364. The second kappa shape index (κ2) is 11.6. The van der Waals surface area contributed by atoms with Gasteiger partial charge in [-0.1, -0.05) is 30.3 Å². The van der Waals surface area contributed by atoms with Crippen molar-refractivity contribution in [3.63, 3.8) is 0 Å². The maximum Gasteiger partial charge on any atom is 0.234 e. The fourth-order valence-corrected chi connectivity index (χ4v) is 3.23. The maximum absolute atomic E-state index is 12.4. The van der Waals surface area contributed by atoms with Crippen molar-refractivity contribution in [1.82, 2.24) is 15.1 Å². The van der Waals surface area contributed by atoms with Crippen LogP contribution in [-0.2, 0) is 11.3 Å². The Hall–Kier alpha value is -2.41. The molecule has 2 aromatic rings. The highest BCUT2D eigenvalue weighted by Gasteiger charge is 2.21. The van der Waals surface area contributed by atoms with Crippen molar-refractivity contribution in [3.8, 4) is 5.75 Å². The number of nitrogens with zero attached hydrogens (tertiary/aromatic N) is 2. The highest BCUT2D eigenvalue weighted by molar-refractivity contribution is 5.97. The highest BCUT2D eigenvalue weighted by atomic mass is 35.5. The van der Waals surface area contributed by atoms with Gasteiger partial charge in [0, 0.05) is 38.3 Å². The second-order valence-electron chi connectivity index (χ2n) is 6.97. The summed E-state index contributed by atoms with van der Waals surface area (Å²) in [6.45, 7) is 4.49. The van der Waals surface area contributed by atoms with Gasteiger partial charge < -0.3 is 10.1 Å². The van der Waals surface area contributed by atoms with Crippen LogP contribution in [0.25, 0.3) is 0 Å². The van der Waals surface area contributed by atoms with E-state index in [2.05, 4.69) is 15.1 Å². The van der Waals surface area contributed by atoms with E-state index in [1.807, 2.05) is 30.3 Å². The first-order chi connectivity index (χ1) is 13.6. The Morgan fingerprint density at radius 1 is 0.897 bits per heavy atom. The van der Waals surface area contributed by atoms with Crippen molar-refractivity contribution in [3.05, 3.63) is 65.7 Å². The van der Waals surface area contributed by atoms with Gasteiger partial charge in [-0.3, -0.25) is 19.4 Å². The molecular weight excluding hydrogens is 390 g/mol. The molecule has 1 amide bonds. The molecule has 1 aliphatic heterocycles. The van der Waals surface area contributed by atoms with E-state index in [0.29, 0.717) is 25.2 Å². The van der Waals surface area contributed by atoms with Crippen molar-refractivity contribution < 1.29 is 14.3 Å². The SMILES string of the molecule is COc1ccc(C(=O)CN2CCN(CC(=O)NCc3ccccc3)CC2)cc1.Cl. The van der Waals surface area contributed by atoms with Gasteiger partial charge in [-0.2, -0.15) is 0 Å². The van der Waals surface area contributed by atoms with Crippen LogP contribution in [0.2, 0.25) is 0 Å². The molecule has 1 heterocycles. The van der Waals surface area contributed by atoms with Crippen LogP contribution in [0, 0.1) is 0 Å². The van der Waals surface area contributed by atoms with Crippen LogP contribution >= 0.6 is 12.4 Å². The summed E-state index contributed by atoms with van der Waals surface area (Å²) < 4.78 is 5.12. The zero-order chi connectivity index (χ0) is 19.8. The van der Waals surface area contributed by atoms with Crippen LogP contribution in [0.5, 0.6) is 5.75 Å². The standard InChI is InChI=1S/C22H27N3O3.ClH/c1-28-20-9-7-19(8-10-20)21(26)16-24-11-13-25(14-12-24)17-22(27)23-15-18-5-3-2-4-6-18;/h2-10H,11-17H2,1H3,(H,23,27);1H. The molecule has 0 aromatic heterocycles. The third-order valence-corrected chi connectivity index (χ3v) is 4.94. The summed E-state index contributed by atoms with van der Waals surface area (Å²) in [6, 6.07) is 17.1. The van der Waals surface area contributed by atoms with Gasteiger partial charge in [0.05, 0.1) is 20.2 Å². The van der Waals surface area contributed by atoms with Gasteiger partial charge in [-0.15, -0.1) is 12.4 Å². The van der Waals surface area contributed by atoms with Gasteiger partial charge in [-0.05, 0) is 29.8 Å². The fourth-order valence-electron chi connectivity index (χ4n) is 3.23. The van der Waals surface area contributed by atoms with E-state index in [0.717, 1.165) is 37.5 Å². The topological polar surface area (TPSA) is 61.9 Å². The van der Waals surface area contributed by atoms with Crippen LogP contribution in [0.3, 0.4) is 0 Å². The molecule has 0 bridgehead atoms. The average molecular weight is 418 g/mol. The minimum atomic E-state index is 0. The van der Waals surface area contributed by atoms with Gasteiger partial charge in [-0.25, -0.2) is 0 Å². The summed E-state index contributed by atoms with van der Waals surface area (Å²) in [7, 11) is 1.61. The number of carbonyl (C=O) groups excluding carboxylic acids is 2. The molecular formula is C22H28ClN3O3. The van der Waals surface area contributed by atoms with Crippen molar-refractivity contribution in [2.24, 2.45) is 0 Å².